The Labute approximate surface area is 91.2 Å². The predicted octanol–water partition coefficient (Wildman–Crippen LogP) is 2.06. The van der Waals surface area contributed by atoms with E-state index in [1.807, 2.05) is 6.07 Å². The second-order valence-corrected chi connectivity index (χ2v) is 3.13. The molecule has 0 aliphatic carbocycles. The second kappa shape index (κ2) is 4.03. The maximum absolute atomic E-state index is 8.68. The van der Waals surface area contributed by atoms with Crippen molar-refractivity contribution in [1.29, 1.82) is 5.26 Å². The van der Waals surface area contributed by atoms with E-state index < -0.39 is 0 Å². The molecule has 15 heavy (non-hydrogen) atoms. The van der Waals surface area contributed by atoms with Gasteiger partial charge in [0, 0.05) is 0 Å². The first-order valence-electron chi connectivity index (χ1n) is 4.14. The number of hydrogen-bond acceptors (Lipinski definition) is 4. The summed E-state index contributed by atoms with van der Waals surface area (Å²) in [6.07, 6.45) is 2.96. The number of nitriles is 1. The summed E-state index contributed by atoms with van der Waals surface area (Å²) >= 11 is 5.61. The van der Waals surface area contributed by atoms with Crippen molar-refractivity contribution < 1.29 is 0 Å². The van der Waals surface area contributed by atoms with Crippen LogP contribution in [0.25, 0.3) is 11.4 Å². The number of aromatic nitrogens is 3. The van der Waals surface area contributed by atoms with Crippen molar-refractivity contribution in [2.75, 3.05) is 0 Å². The van der Waals surface area contributed by atoms with Crippen LogP contribution in [0.4, 0.5) is 0 Å². The Bertz CT molecular complexity index is 516. The molecule has 0 fully saturated rings. The highest BCUT2D eigenvalue weighted by Crippen LogP contribution is 2.14. The van der Waals surface area contributed by atoms with Crippen molar-refractivity contribution in [2.24, 2.45) is 0 Å². The molecule has 0 radical (unpaired) electrons. The van der Waals surface area contributed by atoms with Crippen LogP contribution in [-0.2, 0) is 0 Å². The largest absolute Gasteiger partial charge is 0.250 e. The fourth-order valence-corrected chi connectivity index (χ4v) is 1.18. The summed E-state index contributed by atoms with van der Waals surface area (Å²) in [4.78, 5) is 12.0. The van der Waals surface area contributed by atoms with Gasteiger partial charge in [-0.05, 0) is 12.1 Å². The molecular formula is C10H5ClN4. The molecule has 0 aromatic carbocycles. The summed E-state index contributed by atoms with van der Waals surface area (Å²) in [5, 5.41) is 9.01. The SMILES string of the molecule is N#Cc1cccc(-c2cnc(Cl)cn2)n1. The van der Waals surface area contributed by atoms with Gasteiger partial charge in [-0.15, -0.1) is 0 Å². The first kappa shape index (κ1) is 9.56. The van der Waals surface area contributed by atoms with Crippen LogP contribution in [0.1, 0.15) is 5.69 Å². The molecule has 2 aromatic heterocycles. The van der Waals surface area contributed by atoms with Gasteiger partial charge in [0.15, 0.2) is 0 Å². The van der Waals surface area contributed by atoms with E-state index in [4.69, 9.17) is 16.9 Å². The summed E-state index contributed by atoms with van der Waals surface area (Å²) in [5.74, 6) is 0. The van der Waals surface area contributed by atoms with Crippen LogP contribution in [0, 0.1) is 11.3 Å². The van der Waals surface area contributed by atoms with Gasteiger partial charge in [-0.25, -0.2) is 15.0 Å². The third kappa shape index (κ3) is 2.09. The Kier molecular flexibility index (Phi) is 2.57. The molecule has 0 atom stereocenters. The number of halogens is 1. The number of rotatable bonds is 1. The lowest BCUT2D eigenvalue weighted by Crippen LogP contribution is -1.90. The Hall–Kier alpha value is -1.99. The first-order chi connectivity index (χ1) is 7.29. The Morgan fingerprint density at radius 1 is 1.13 bits per heavy atom. The molecule has 0 saturated heterocycles. The van der Waals surface area contributed by atoms with E-state index in [1.54, 1.807) is 18.2 Å². The van der Waals surface area contributed by atoms with Gasteiger partial charge in [-0.1, -0.05) is 17.7 Å². The lowest BCUT2D eigenvalue weighted by molar-refractivity contribution is 1.16. The normalized spacial score (nSPS) is 9.60. The van der Waals surface area contributed by atoms with E-state index in [0.29, 0.717) is 22.2 Å². The average molecular weight is 217 g/mol. The Balaban J connectivity index is 2.46. The number of pyridine rings is 1. The van der Waals surface area contributed by atoms with E-state index in [9.17, 15) is 0 Å². The Morgan fingerprint density at radius 2 is 2.00 bits per heavy atom. The minimum absolute atomic E-state index is 0.329. The summed E-state index contributed by atoms with van der Waals surface area (Å²) in [6.45, 7) is 0. The lowest BCUT2D eigenvalue weighted by atomic mass is 10.2. The van der Waals surface area contributed by atoms with E-state index in [2.05, 4.69) is 15.0 Å². The van der Waals surface area contributed by atoms with E-state index >= 15 is 0 Å². The zero-order valence-corrected chi connectivity index (χ0v) is 8.31. The third-order valence-corrected chi connectivity index (χ3v) is 1.94. The maximum Gasteiger partial charge on any atom is 0.147 e. The van der Waals surface area contributed by atoms with Gasteiger partial charge in [0.1, 0.15) is 22.6 Å². The van der Waals surface area contributed by atoms with Gasteiger partial charge in [-0.2, -0.15) is 5.26 Å². The topological polar surface area (TPSA) is 62.5 Å². The van der Waals surface area contributed by atoms with Crippen LogP contribution in [0.3, 0.4) is 0 Å². The van der Waals surface area contributed by atoms with Crippen LogP contribution >= 0.6 is 11.6 Å². The summed E-state index contributed by atoms with van der Waals surface area (Å²) < 4.78 is 0. The zero-order valence-electron chi connectivity index (χ0n) is 7.55. The predicted molar refractivity (Wildman–Crippen MR) is 55.0 cm³/mol. The molecular weight excluding hydrogens is 212 g/mol. The maximum atomic E-state index is 8.68. The van der Waals surface area contributed by atoms with Crippen LogP contribution in [0.15, 0.2) is 30.6 Å². The second-order valence-electron chi connectivity index (χ2n) is 2.74. The molecule has 2 rings (SSSR count). The van der Waals surface area contributed by atoms with E-state index in [-0.39, 0.29) is 0 Å². The van der Waals surface area contributed by atoms with Crippen LogP contribution in [0.2, 0.25) is 5.15 Å². The van der Waals surface area contributed by atoms with E-state index in [0.717, 1.165) is 0 Å². The van der Waals surface area contributed by atoms with Gasteiger partial charge < -0.3 is 0 Å². The molecule has 0 saturated carbocycles. The molecule has 0 spiro atoms. The summed E-state index contributed by atoms with van der Waals surface area (Å²) in [5.41, 5.74) is 1.55. The van der Waals surface area contributed by atoms with Crippen molar-refractivity contribution >= 4 is 11.6 Å². The molecule has 5 heteroatoms. The van der Waals surface area contributed by atoms with Crippen LogP contribution in [-0.4, -0.2) is 15.0 Å². The molecule has 0 amide bonds. The molecule has 0 N–H and O–H groups in total. The number of hydrogen-bond donors (Lipinski definition) is 0. The van der Waals surface area contributed by atoms with Gasteiger partial charge in [0.25, 0.3) is 0 Å². The standard InChI is InChI=1S/C10H5ClN4/c11-10-6-13-9(5-14-10)8-3-1-2-7(4-12)15-8/h1-3,5-6H. The molecule has 0 aliphatic heterocycles. The average Bonchev–Trinajstić information content (AvgIpc) is 2.30. The first-order valence-corrected chi connectivity index (χ1v) is 4.52. The third-order valence-electron chi connectivity index (χ3n) is 1.75. The highest BCUT2D eigenvalue weighted by atomic mass is 35.5. The monoisotopic (exact) mass is 216 g/mol. The molecule has 72 valence electrons. The van der Waals surface area contributed by atoms with Crippen molar-refractivity contribution in [1.82, 2.24) is 15.0 Å². The fraction of sp³-hybridized carbons (Fsp3) is 0. The highest BCUT2D eigenvalue weighted by molar-refractivity contribution is 6.29. The molecule has 4 nitrogen and oxygen atoms in total. The minimum atomic E-state index is 0.329. The molecule has 2 aromatic rings. The molecule has 2 heterocycles. The van der Waals surface area contributed by atoms with E-state index in [1.165, 1.54) is 12.4 Å². The fourth-order valence-electron chi connectivity index (χ4n) is 1.08. The molecule has 0 bridgehead atoms. The van der Waals surface area contributed by atoms with Crippen molar-refractivity contribution in [3.63, 3.8) is 0 Å². The van der Waals surface area contributed by atoms with Gasteiger partial charge in [0.2, 0.25) is 0 Å². The lowest BCUT2D eigenvalue weighted by Gasteiger charge is -1.98. The van der Waals surface area contributed by atoms with Gasteiger partial charge >= 0.3 is 0 Å². The highest BCUT2D eigenvalue weighted by Gasteiger charge is 2.02. The quantitative estimate of drug-likeness (QED) is 0.732. The van der Waals surface area contributed by atoms with Gasteiger partial charge in [0.05, 0.1) is 18.1 Å². The summed E-state index contributed by atoms with van der Waals surface area (Å²) in [7, 11) is 0. The molecule has 0 aliphatic rings. The Morgan fingerprint density at radius 3 is 2.67 bits per heavy atom. The molecule has 0 unspecified atom stereocenters. The van der Waals surface area contributed by atoms with Crippen molar-refractivity contribution in [3.05, 3.63) is 41.4 Å². The summed E-state index contributed by atoms with van der Waals surface area (Å²) in [6, 6.07) is 7.10. The number of nitrogens with zero attached hydrogens (tertiary/aromatic N) is 4. The van der Waals surface area contributed by atoms with Crippen LogP contribution < -0.4 is 0 Å². The van der Waals surface area contributed by atoms with Crippen molar-refractivity contribution in [2.45, 2.75) is 0 Å². The smallest absolute Gasteiger partial charge is 0.147 e. The van der Waals surface area contributed by atoms with Crippen molar-refractivity contribution in [3.8, 4) is 17.5 Å². The minimum Gasteiger partial charge on any atom is -0.250 e. The zero-order chi connectivity index (χ0) is 10.7. The van der Waals surface area contributed by atoms with Crippen LogP contribution in [0.5, 0.6) is 0 Å². The van der Waals surface area contributed by atoms with Gasteiger partial charge in [-0.3, -0.25) is 0 Å².